The first-order chi connectivity index (χ1) is 8.46. The molecule has 0 amide bonds. The summed E-state index contributed by atoms with van der Waals surface area (Å²) < 4.78 is 11.2. The smallest absolute Gasteiger partial charge is 0.164 e. The molecule has 1 fully saturated rings. The Labute approximate surface area is 111 Å². The van der Waals surface area contributed by atoms with E-state index >= 15 is 0 Å². The van der Waals surface area contributed by atoms with E-state index < -0.39 is 5.60 Å². The Balaban J connectivity index is 2.60. The predicted octanol–water partition coefficient (Wildman–Crippen LogP) is 3.50. The van der Waals surface area contributed by atoms with Crippen molar-refractivity contribution in [2.45, 2.75) is 76.9 Å². The van der Waals surface area contributed by atoms with E-state index in [0.717, 1.165) is 32.1 Å². The van der Waals surface area contributed by atoms with Gasteiger partial charge in [-0.2, -0.15) is 0 Å². The van der Waals surface area contributed by atoms with Crippen molar-refractivity contribution in [1.29, 1.82) is 0 Å². The van der Waals surface area contributed by atoms with Gasteiger partial charge in [-0.1, -0.05) is 19.3 Å². The monoisotopic (exact) mass is 256 g/mol. The standard InChI is InChI=1S/C15H28O3/c1-5-18-15(10-7-6-8-11-15)13(16)9-12-14(2,3)17-4/h5-12H2,1-4H3. The third-order valence-electron chi connectivity index (χ3n) is 4.10. The van der Waals surface area contributed by atoms with Crippen molar-refractivity contribution in [3.63, 3.8) is 0 Å². The van der Waals surface area contributed by atoms with E-state index in [1.54, 1.807) is 7.11 Å². The number of hydrogen-bond acceptors (Lipinski definition) is 3. The summed E-state index contributed by atoms with van der Waals surface area (Å²) >= 11 is 0. The van der Waals surface area contributed by atoms with Crippen LogP contribution in [-0.2, 0) is 14.3 Å². The molecule has 0 unspecified atom stereocenters. The Bertz CT molecular complexity index is 259. The molecule has 106 valence electrons. The molecular weight excluding hydrogens is 228 g/mol. The maximum atomic E-state index is 12.5. The number of Topliss-reactive ketones (excluding diaryl/α,β-unsaturated/α-hetero) is 1. The molecule has 0 bridgehead atoms. The van der Waals surface area contributed by atoms with Crippen LogP contribution in [0.1, 0.15) is 65.7 Å². The van der Waals surface area contributed by atoms with Gasteiger partial charge in [0.2, 0.25) is 0 Å². The van der Waals surface area contributed by atoms with Crippen LogP contribution in [-0.4, -0.2) is 30.7 Å². The highest BCUT2D eigenvalue weighted by atomic mass is 16.5. The summed E-state index contributed by atoms with van der Waals surface area (Å²) in [6.07, 6.45) is 6.56. The van der Waals surface area contributed by atoms with Gasteiger partial charge in [0.1, 0.15) is 5.60 Å². The van der Waals surface area contributed by atoms with Gasteiger partial charge in [0.05, 0.1) is 5.60 Å². The third-order valence-corrected chi connectivity index (χ3v) is 4.10. The number of rotatable bonds is 7. The molecule has 1 aliphatic carbocycles. The topological polar surface area (TPSA) is 35.5 Å². The number of ether oxygens (including phenoxy) is 2. The van der Waals surface area contributed by atoms with Crippen molar-refractivity contribution in [2.24, 2.45) is 0 Å². The number of methoxy groups -OCH3 is 1. The Hall–Kier alpha value is -0.410. The van der Waals surface area contributed by atoms with E-state index in [-0.39, 0.29) is 11.4 Å². The summed E-state index contributed by atoms with van der Waals surface area (Å²) in [5.74, 6) is 0.272. The molecule has 1 saturated carbocycles. The SMILES string of the molecule is CCOC1(C(=O)CCC(C)(C)OC)CCCCC1. The summed E-state index contributed by atoms with van der Waals surface area (Å²) in [6, 6.07) is 0. The molecule has 0 saturated heterocycles. The predicted molar refractivity (Wildman–Crippen MR) is 72.8 cm³/mol. The van der Waals surface area contributed by atoms with E-state index in [1.165, 1.54) is 6.42 Å². The van der Waals surface area contributed by atoms with E-state index in [0.29, 0.717) is 13.0 Å². The van der Waals surface area contributed by atoms with E-state index in [4.69, 9.17) is 9.47 Å². The van der Waals surface area contributed by atoms with Gasteiger partial charge >= 0.3 is 0 Å². The zero-order chi connectivity index (χ0) is 13.6. The molecule has 0 aromatic carbocycles. The second-order valence-electron chi connectivity index (χ2n) is 5.87. The first-order valence-corrected chi connectivity index (χ1v) is 7.18. The van der Waals surface area contributed by atoms with Crippen molar-refractivity contribution < 1.29 is 14.3 Å². The van der Waals surface area contributed by atoms with E-state index in [1.807, 2.05) is 20.8 Å². The van der Waals surface area contributed by atoms with Gasteiger partial charge in [-0.15, -0.1) is 0 Å². The first-order valence-electron chi connectivity index (χ1n) is 7.18. The van der Waals surface area contributed by atoms with Crippen molar-refractivity contribution in [3.05, 3.63) is 0 Å². The highest BCUT2D eigenvalue weighted by molar-refractivity contribution is 5.87. The molecule has 0 atom stereocenters. The summed E-state index contributed by atoms with van der Waals surface area (Å²) in [6.45, 7) is 6.64. The largest absolute Gasteiger partial charge is 0.379 e. The number of carbonyl (C=O) groups is 1. The van der Waals surface area contributed by atoms with Gasteiger partial charge in [0, 0.05) is 20.1 Å². The number of ketones is 1. The molecule has 0 N–H and O–H groups in total. The summed E-state index contributed by atoms with van der Waals surface area (Å²) in [4.78, 5) is 12.5. The zero-order valence-electron chi connectivity index (χ0n) is 12.4. The molecule has 0 aliphatic heterocycles. The Morgan fingerprint density at radius 1 is 1.22 bits per heavy atom. The van der Waals surface area contributed by atoms with Crippen LogP contribution < -0.4 is 0 Å². The minimum Gasteiger partial charge on any atom is -0.379 e. The highest BCUT2D eigenvalue weighted by Crippen LogP contribution is 2.34. The molecule has 0 heterocycles. The highest BCUT2D eigenvalue weighted by Gasteiger charge is 2.39. The average molecular weight is 256 g/mol. The minimum atomic E-state index is -0.489. The molecule has 0 aromatic heterocycles. The van der Waals surface area contributed by atoms with Crippen LogP contribution >= 0.6 is 0 Å². The van der Waals surface area contributed by atoms with Crippen LogP contribution in [0.3, 0.4) is 0 Å². The van der Waals surface area contributed by atoms with Gasteiger partial charge in [0.25, 0.3) is 0 Å². The third kappa shape index (κ3) is 4.06. The van der Waals surface area contributed by atoms with Gasteiger partial charge in [-0.3, -0.25) is 4.79 Å². The van der Waals surface area contributed by atoms with Crippen LogP contribution in [0.15, 0.2) is 0 Å². The zero-order valence-corrected chi connectivity index (χ0v) is 12.4. The lowest BCUT2D eigenvalue weighted by Crippen LogP contribution is -2.44. The van der Waals surface area contributed by atoms with Crippen LogP contribution in [0, 0.1) is 0 Å². The molecule has 1 aliphatic rings. The lowest BCUT2D eigenvalue weighted by atomic mass is 9.79. The second-order valence-corrected chi connectivity index (χ2v) is 5.87. The van der Waals surface area contributed by atoms with E-state index in [2.05, 4.69) is 0 Å². The Kier molecular flexibility index (Phi) is 5.80. The molecule has 0 aromatic rings. The first kappa shape index (κ1) is 15.6. The molecule has 0 radical (unpaired) electrons. The maximum absolute atomic E-state index is 12.5. The summed E-state index contributed by atoms with van der Waals surface area (Å²) in [5, 5.41) is 0. The minimum absolute atomic E-state index is 0.224. The Morgan fingerprint density at radius 3 is 2.33 bits per heavy atom. The average Bonchev–Trinajstić information content (AvgIpc) is 2.37. The van der Waals surface area contributed by atoms with Crippen molar-refractivity contribution in [1.82, 2.24) is 0 Å². The van der Waals surface area contributed by atoms with Crippen molar-refractivity contribution >= 4 is 5.78 Å². The fraction of sp³-hybridized carbons (Fsp3) is 0.933. The van der Waals surface area contributed by atoms with Gasteiger partial charge < -0.3 is 9.47 Å². The van der Waals surface area contributed by atoms with Crippen LogP contribution in [0.4, 0.5) is 0 Å². The van der Waals surface area contributed by atoms with Crippen molar-refractivity contribution in [2.75, 3.05) is 13.7 Å². The molecule has 18 heavy (non-hydrogen) atoms. The van der Waals surface area contributed by atoms with Gasteiger partial charge in [-0.05, 0) is 40.0 Å². The lowest BCUT2D eigenvalue weighted by molar-refractivity contribution is -0.150. The lowest BCUT2D eigenvalue weighted by Gasteiger charge is -2.36. The summed E-state index contributed by atoms with van der Waals surface area (Å²) in [5.41, 5.74) is -0.714. The molecule has 1 rings (SSSR count). The van der Waals surface area contributed by atoms with Gasteiger partial charge in [-0.25, -0.2) is 0 Å². The molecule has 3 nitrogen and oxygen atoms in total. The van der Waals surface area contributed by atoms with Crippen LogP contribution in [0.5, 0.6) is 0 Å². The summed E-state index contributed by atoms with van der Waals surface area (Å²) in [7, 11) is 1.70. The molecule has 0 spiro atoms. The molecule has 3 heteroatoms. The molecular formula is C15H28O3. The fourth-order valence-electron chi connectivity index (χ4n) is 2.65. The van der Waals surface area contributed by atoms with E-state index in [9.17, 15) is 4.79 Å². The number of carbonyl (C=O) groups excluding carboxylic acids is 1. The normalized spacial score (nSPS) is 19.8. The quantitative estimate of drug-likeness (QED) is 0.699. The van der Waals surface area contributed by atoms with Crippen LogP contribution in [0.2, 0.25) is 0 Å². The second kappa shape index (κ2) is 6.67. The Morgan fingerprint density at radius 2 is 1.83 bits per heavy atom. The number of hydrogen-bond donors (Lipinski definition) is 0. The van der Waals surface area contributed by atoms with Crippen LogP contribution in [0.25, 0.3) is 0 Å². The fourth-order valence-corrected chi connectivity index (χ4v) is 2.65. The maximum Gasteiger partial charge on any atom is 0.164 e. The van der Waals surface area contributed by atoms with Gasteiger partial charge in [0.15, 0.2) is 5.78 Å². The van der Waals surface area contributed by atoms with Crippen molar-refractivity contribution in [3.8, 4) is 0 Å².